The number of carbonyl (C=O) groups excluding carboxylic acids is 1. The van der Waals surface area contributed by atoms with Crippen molar-refractivity contribution in [3.8, 4) is 0 Å². The first-order valence-electron chi connectivity index (χ1n) is 8.87. The van der Waals surface area contributed by atoms with E-state index in [0.717, 1.165) is 47.2 Å². The Morgan fingerprint density at radius 2 is 2.04 bits per heavy atom. The van der Waals surface area contributed by atoms with Crippen LogP contribution in [0.15, 0.2) is 47.4 Å². The Balaban J connectivity index is 1.49. The number of nitrogens with one attached hydrogen (secondary N) is 2. The van der Waals surface area contributed by atoms with Crippen molar-refractivity contribution in [1.29, 1.82) is 0 Å². The molecule has 1 heterocycles. The molecule has 0 aromatic heterocycles. The van der Waals surface area contributed by atoms with Crippen molar-refractivity contribution >= 4 is 58.0 Å². The van der Waals surface area contributed by atoms with Crippen LogP contribution in [0.4, 0.5) is 11.4 Å². The molecule has 1 saturated heterocycles. The first kappa shape index (κ1) is 20.0. The van der Waals surface area contributed by atoms with E-state index in [-0.39, 0.29) is 5.91 Å². The van der Waals surface area contributed by atoms with Crippen LogP contribution >= 0.6 is 35.6 Å². The number of benzene rings is 2. The SMILES string of the molecule is Cc1ccc(NC(=S)NCCSc2ccc(Cl)cc2)cc1N1CCCC1=O. The standard InChI is InChI=1S/C20H22ClN3OS2/c1-14-4-7-16(13-18(14)24-11-2-3-19(24)25)23-20(26)22-10-12-27-17-8-5-15(21)6-9-17/h4-9,13H,2-3,10-12H2,1H3,(H2,22,23,26). The summed E-state index contributed by atoms with van der Waals surface area (Å²) >= 11 is 13.0. The third kappa shape index (κ3) is 5.61. The molecule has 2 aromatic rings. The van der Waals surface area contributed by atoms with Gasteiger partial charge in [-0.2, -0.15) is 0 Å². The Kier molecular flexibility index (Phi) is 6.99. The fourth-order valence-corrected chi connectivity index (χ4v) is 4.03. The summed E-state index contributed by atoms with van der Waals surface area (Å²) in [4.78, 5) is 15.1. The topological polar surface area (TPSA) is 44.4 Å². The maximum absolute atomic E-state index is 12.0. The average Bonchev–Trinajstić information content (AvgIpc) is 3.08. The minimum atomic E-state index is 0.190. The molecule has 4 nitrogen and oxygen atoms in total. The van der Waals surface area contributed by atoms with Gasteiger partial charge in [0.05, 0.1) is 0 Å². The van der Waals surface area contributed by atoms with Crippen LogP contribution < -0.4 is 15.5 Å². The van der Waals surface area contributed by atoms with Gasteiger partial charge in [-0.15, -0.1) is 11.8 Å². The summed E-state index contributed by atoms with van der Waals surface area (Å²) in [6.07, 6.45) is 1.55. The molecule has 27 heavy (non-hydrogen) atoms. The second kappa shape index (κ2) is 9.44. The number of rotatable bonds is 6. The third-order valence-corrected chi connectivity index (χ3v) is 5.81. The van der Waals surface area contributed by atoms with Crippen molar-refractivity contribution in [2.45, 2.75) is 24.7 Å². The van der Waals surface area contributed by atoms with E-state index in [1.165, 1.54) is 4.90 Å². The Bertz CT molecular complexity index is 826. The van der Waals surface area contributed by atoms with Gasteiger partial charge in [0.2, 0.25) is 5.91 Å². The molecule has 0 atom stereocenters. The van der Waals surface area contributed by atoms with E-state index < -0.39 is 0 Å². The predicted molar refractivity (Wildman–Crippen MR) is 119 cm³/mol. The fraction of sp³-hybridized carbons (Fsp3) is 0.300. The van der Waals surface area contributed by atoms with Gasteiger partial charge >= 0.3 is 0 Å². The van der Waals surface area contributed by atoms with E-state index >= 15 is 0 Å². The van der Waals surface area contributed by atoms with Crippen molar-refractivity contribution in [3.05, 3.63) is 53.1 Å². The van der Waals surface area contributed by atoms with E-state index in [0.29, 0.717) is 11.5 Å². The van der Waals surface area contributed by atoms with Crippen molar-refractivity contribution in [2.75, 3.05) is 29.1 Å². The van der Waals surface area contributed by atoms with Crippen LogP contribution in [0.3, 0.4) is 0 Å². The summed E-state index contributed by atoms with van der Waals surface area (Å²) in [6, 6.07) is 13.8. The number of carbonyl (C=O) groups is 1. The maximum atomic E-state index is 12.0. The quantitative estimate of drug-likeness (QED) is 0.398. The predicted octanol–water partition coefficient (Wildman–Crippen LogP) is 4.85. The molecule has 1 amide bonds. The van der Waals surface area contributed by atoms with E-state index in [9.17, 15) is 4.79 Å². The van der Waals surface area contributed by atoms with E-state index in [4.69, 9.17) is 23.8 Å². The van der Waals surface area contributed by atoms with Gasteiger partial charge in [0.25, 0.3) is 0 Å². The number of hydrogen-bond acceptors (Lipinski definition) is 3. The number of amides is 1. The highest BCUT2D eigenvalue weighted by atomic mass is 35.5. The fourth-order valence-electron chi connectivity index (χ4n) is 2.92. The molecule has 1 fully saturated rings. The van der Waals surface area contributed by atoms with Gasteiger partial charge < -0.3 is 15.5 Å². The van der Waals surface area contributed by atoms with Crippen molar-refractivity contribution in [2.24, 2.45) is 0 Å². The molecule has 0 unspecified atom stereocenters. The Labute approximate surface area is 174 Å². The van der Waals surface area contributed by atoms with Crippen LogP contribution in [0.1, 0.15) is 18.4 Å². The first-order chi connectivity index (χ1) is 13.0. The van der Waals surface area contributed by atoms with Crippen molar-refractivity contribution in [3.63, 3.8) is 0 Å². The summed E-state index contributed by atoms with van der Waals surface area (Å²) in [5.41, 5.74) is 2.94. The van der Waals surface area contributed by atoms with Gasteiger partial charge in [0.1, 0.15) is 0 Å². The van der Waals surface area contributed by atoms with Crippen molar-refractivity contribution < 1.29 is 4.79 Å². The Morgan fingerprint density at radius 3 is 2.74 bits per heavy atom. The van der Waals surface area contributed by atoms with Gasteiger partial charge in [-0.25, -0.2) is 0 Å². The number of thiocarbonyl (C=S) groups is 1. The number of halogens is 1. The molecule has 1 aliphatic heterocycles. The van der Waals surface area contributed by atoms with Crippen molar-refractivity contribution in [1.82, 2.24) is 5.32 Å². The van der Waals surface area contributed by atoms with Gasteiger partial charge in [0.15, 0.2) is 5.11 Å². The summed E-state index contributed by atoms with van der Waals surface area (Å²) in [5, 5.41) is 7.75. The second-order valence-electron chi connectivity index (χ2n) is 6.33. The minimum Gasteiger partial charge on any atom is -0.362 e. The monoisotopic (exact) mass is 419 g/mol. The zero-order valence-corrected chi connectivity index (χ0v) is 17.5. The number of thioether (sulfide) groups is 1. The van der Waals surface area contributed by atoms with Crippen LogP contribution in [0.5, 0.6) is 0 Å². The summed E-state index contributed by atoms with van der Waals surface area (Å²) in [6.45, 7) is 3.56. The summed E-state index contributed by atoms with van der Waals surface area (Å²) < 4.78 is 0. The van der Waals surface area contributed by atoms with Crippen LogP contribution in [0, 0.1) is 6.92 Å². The Morgan fingerprint density at radius 1 is 1.26 bits per heavy atom. The lowest BCUT2D eigenvalue weighted by Crippen LogP contribution is -2.30. The molecule has 0 bridgehead atoms. The molecule has 1 aliphatic rings. The number of nitrogens with zero attached hydrogens (tertiary/aromatic N) is 1. The molecule has 0 radical (unpaired) electrons. The molecule has 2 N–H and O–H groups in total. The zero-order chi connectivity index (χ0) is 19.2. The number of aryl methyl sites for hydroxylation is 1. The highest BCUT2D eigenvalue weighted by molar-refractivity contribution is 7.99. The molecule has 7 heteroatoms. The minimum absolute atomic E-state index is 0.190. The Hall–Kier alpha value is -1.76. The average molecular weight is 420 g/mol. The van der Waals surface area contributed by atoms with Crippen LogP contribution in [0.25, 0.3) is 0 Å². The smallest absolute Gasteiger partial charge is 0.227 e. The van der Waals surface area contributed by atoms with Crippen LogP contribution in [-0.2, 0) is 4.79 Å². The molecular formula is C20H22ClN3OS2. The van der Waals surface area contributed by atoms with E-state index in [1.54, 1.807) is 11.8 Å². The van der Waals surface area contributed by atoms with Gasteiger partial charge in [0, 0.05) is 46.6 Å². The van der Waals surface area contributed by atoms with Gasteiger partial charge in [-0.3, -0.25) is 4.79 Å². The van der Waals surface area contributed by atoms with Crippen LogP contribution in [-0.4, -0.2) is 29.9 Å². The molecule has 0 aliphatic carbocycles. The molecule has 0 saturated carbocycles. The van der Waals surface area contributed by atoms with E-state index in [1.807, 2.05) is 54.3 Å². The third-order valence-electron chi connectivity index (χ3n) is 4.30. The number of hydrogen-bond donors (Lipinski definition) is 2. The van der Waals surface area contributed by atoms with E-state index in [2.05, 4.69) is 10.6 Å². The molecule has 3 rings (SSSR count). The number of anilines is 2. The lowest BCUT2D eigenvalue weighted by atomic mass is 10.1. The molecule has 142 valence electrons. The molecule has 2 aromatic carbocycles. The summed E-state index contributed by atoms with van der Waals surface area (Å²) in [5.74, 6) is 1.08. The molecular weight excluding hydrogens is 398 g/mol. The lowest BCUT2D eigenvalue weighted by Gasteiger charge is -2.20. The van der Waals surface area contributed by atoms with Crippen LogP contribution in [0.2, 0.25) is 5.02 Å². The maximum Gasteiger partial charge on any atom is 0.227 e. The second-order valence-corrected chi connectivity index (χ2v) is 8.35. The first-order valence-corrected chi connectivity index (χ1v) is 10.6. The highest BCUT2D eigenvalue weighted by Gasteiger charge is 2.23. The van der Waals surface area contributed by atoms with Gasteiger partial charge in [-0.05, 0) is 67.5 Å². The highest BCUT2D eigenvalue weighted by Crippen LogP contribution is 2.28. The van der Waals surface area contributed by atoms with Gasteiger partial charge in [-0.1, -0.05) is 17.7 Å². The normalized spacial score (nSPS) is 13.7. The lowest BCUT2D eigenvalue weighted by molar-refractivity contribution is -0.117. The zero-order valence-electron chi connectivity index (χ0n) is 15.1. The summed E-state index contributed by atoms with van der Waals surface area (Å²) in [7, 11) is 0. The molecule has 0 spiro atoms. The largest absolute Gasteiger partial charge is 0.362 e.